The lowest BCUT2D eigenvalue weighted by Gasteiger charge is -2.38. The summed E-state index contributed by atoms with van der Waals surface area (Å²) in [5.74, 6) is 0.991. The van der Waals surface area contributed by atoms with E-state index in [4.69, 9.17) is 14.2 Å². The van der Waals surface area contributed by atoms with Crippen LogP contribution in [-0.4, -0.2) is 130 Å². The van der Waals surface area contributed by atoms with E-state index < -0.39 is 0 Å². The Bertz CT molecular complexity index is 1200. The van der Waals surface area contributed by atoms with Crippen LogP contribution in [0, 0.1) is 0 Å². The highest BCUT2D eigenvalue weighted by molar-refractivity contribution is 8.00. The van der Waals surface area contributed by atoms with E-state index in [1.807, 2.05) is 47.0 Å². The second-order valence-electron chi connectivity index (χ2n) is 13.4. The van der Waals surface area contributed by atoms with E-state index >= 15 is 0 Å². The Hall–Kier alpha value is -2.91. The number of amides is 5. The Morgan fingerprint density at radius 1 is 0.863 bits per heavy atom. The lowest BCUT2D eigenvalue weighted by Crippen LogP contribution is -2.47. The van der Waals surface area contributed by atoms with Crippen LogP contribution in [0.15, 0.2) is 30.3 Å². The molecule has 1 aromatic rings. The van der Waals surface area contributed by atoms with Crippen molar-refractivity contribution in [2.45, 2.75) is 94.5 Å². The standard InChI is InChI=1S/C37H60N6O7S.2H2/c1-2-19-42-20-15-30(16-21-42)43(29-9-4-3-5-10-29)35(46)14-8-13-34(45)39-18-23-49-25-27-50-26-24-48-22-17-38-33(44)12-7-6-11-32-36-31(28-51-32)40-37(47)41-36;;/h3-5,9-10,30-32,36H,2,6-8,11-28H2,1H3,(H,38,44)(H,39,45)(H2,40,41,47);2*1H/t31-,32-,36-;;/m0../s1. The Morgan fingerprint density at radius 3 is 2.14 bits per heavy atom. The van der Waals surface area contributed by atoms with E-state index in [0.717, 1.165) is 69.6 Å². The number of anilines is 1. The van der Waals surface area contributed by atoms with Gasteiger partial charge in [0, 0.05) is 71.0 Å². The largest absolute Gasteiger partial charge is 0.377 e. The van der Waals surface area contributed by atoms with Gasteiger partial charge in [0.25, 0.3) is 0 Å². The predicted molar refractivity (Wildman–Crippen MR) is 204 cm³/mol. The molecule has 14 heteroatoms. The summed E-state index contributed by atoms with van der Waals surface area (Å²) in [7, 11) is 0. The minimum Gasteiger partial charge on any atom is -0.377 e. The van der Waals surface area contributed by atoms with Crippen molar-refractivity contribution in [3.8, 4) is 0 Å². The molecule has 3 saturated heterocycles. The number of carbonyl (C=O) groups is 4. The van der Waals surface area contributed by atoms with Crippen molar-refractivity contribution in [2.75, 3.05) is 83.0 Å². The first kappa shape index (κ1) is 40.9. The molecule has 0 aliphatic carbocycles. The fourth-order valence-corrected chi connectivity index (χ4v) is 8.45. The molecule has 0 spiro atoms. The number of piperidine rings is 1. The van der Waals surface area contributed by atoms with Gasteiger partial charge in [0.2, 0.25) is 17.7 Å². The van der Waals surface area contributed by atoms with Crippen LogP contribution < -0.4 is 26.2 Å². The zero-order valence-corrected chi connectivity index (χ0v) is 31.2. The second kappa shape index (κ2) is 23.6. The van der Waals surface area contributed by atoms with Gasteiger partial charge in [-0.2, -0.15) is 11.8 Å². The van der Waals surface area contributed by atoms with Gasteiger partial charge < -0.3 is 45.3 Å². The van der Waals surface area contributed by atoms with Crippen molar-refractivity contribution < 1.29 is 36.2 Å². The number of nitrogens with one attached hydrogen (secondary N) is 4. The van der Waals surface area contributed by atoms with Crippen LogP contribution in [0.4, 0.5) is 10.5 Å². The molecule has 3 heterocycles. The Morgan fingerprint density at radius 2 is 1.49 bits per heavy atom. The number of hydrogen-bond acceptors (Lipinski definition) is 9. The van der Waals surface area contributed by atoms with Crippen LogP contribution in [0.5, 0.6) is 0 Å². The third-order valence-electron chi connectivity index (χ3n) is 9.52. The Kier molecular flexibility index (Phi) is 18.9. The minimum atomic E-state index is -0.0779. The van der Waals surface area contributed by atoms with Crippen molar-refractivity contribution in [1.82, 2.24) is 26.2 Å². The molecule has 3 aliphatic rings. The lowest BCUT2D eigenvalue weighted by atomic mass is 10.0. The topological polar surface area (TPSA) is 151 Å². The van der Waals surface area contributed by atoms with Crippen LogP contribution in [0.25, 0.3) is 0 Å². The highest BCUT2D eigenvalue weighted by Crippen LogP contribution is 2.33. The summed E-state index contributed by atoms with van der Waals surface area (Å²) < 4.78 is 16.6. The molecule has 3 aliphatic heterocycles. The highest BCUT2D eigenvalue weighted by Gasteiger charge is 2.42. The molecule has 0 bridgehead atoms. The number of urea groups is 1. The van der Waals surface area contributed by atoms with Gasteiger partial charge >= 0.3 is 6.03 Å². The van der Waals surface area contributed by atoms with Crippen molar-refractivity contribution in [1.29, 1.82) is 0 Å². The van der Waals surface area contributed by atoms with Crippen molar-refractivity contribution in [3.05, 3.63) is 30.3 Å². The normalized spacial score (nSPS) is 20.4. The van der Waals surface area contributed by atoms with Gasteiger partial charge in [-0.1, -0.05) is 31.5 Å². The highest BCUT2D eigenvalue weighted by atomic mass is 32.2. The van der Waals surface area contributed by atoms with Crippen molar-refractivity contribution in [2.24, 2.45) is 0 Å². The first-order valence-electron chi connectivity index (χ1n) is 19.0. The van der Waals surface area contributed by atoms with Crippen molar-refractivity contribution >= 4 is 41.2 Å². The predicted octanol–water partition coefficient (Wildman–Crippen LogP) is 3.56. The monoisotopic (exact) mass is 736 g/mol. The summed E-state index contributed by atoms with van der Waals surface area (Å²) in [6.07, 6.45) is 7.52. The van der Waals surface area contributed by atoms with Gasteiger partial charge in [0.05, 0.1) is 51.7 Å². The van der Waals surface area contributed by atoms with Gasteiger partial charge in [-0.15, -0.1) is 0 Å². The number of fused-ring (bicyclic) bond motifs is 1. The number of ether oxygens (including phenoxy) is 3. The molecule has 51 heavy (non-hydrogen) atoms. The number of carbonyl (C=O) groups excluding carboxylic acids is 4. The molecule has 0 aromatic heterocycles. The fraction of sp³-hybridized carbons (Fsp3) is 0.730. The lowest BCUT2D eigenvalue weighted by molar-refractivity contribution is -0.122. The van der Waals surface area contributed by atoms with Crippen molar-refractivity contribution in [3.63, 3.8) is 0 Å². The molecule has 3 atom stereocenters. The number of thioether (sulfide) groups is 1. The maximum absolute atomic E-state index is 13.3. The number of nitrogens with zero attached hydrogens (tertiary/aromatic N) is 2. The van der Waals surface area contributed by atoms with E-state index in [1.165, 1.54) is 0 Å². The third-order valence-corrected chi connectivity index (χ3v) is 11.0. The average molecular weight is 737 g/mol. The van der Waals surface area contributed by atoms with E-state index in [0.29, 0.717) is 83.7 Å². The first-order chi connectivity index (χ1) is 24.9. The summed E-state index contributed by atoms with van der Waals surface area (Å²) in [6.45, 7) is 8.72. The van der Waals surface area contributed by atoms with Gasteiger partial charge in [-0.25, -0.2) is 4.79 Å². The fourth-order valence-electron chi connectivity index (χ4n) is 6.90. The van der Waals surface area contributed by atoms with Gasteiger partial charge in [0.15, 0.2) is 0 Å². The molecule has 5 amide bonds. The summed E-state index contributed by atoms with van der Waals surface area (Å²) >= 11 is 1.90. The maximum atomic E-state index is 13.3. The minimum absolute atomic E-state index is 0. The van der Waals surface area contributed by atoms with E-state index in [-0.39, 0.29) is 44.7 Å². The number of benzene rings is 1. The SMILES string of the molecule is CCCN1CCC(N(C(=O)CCCC(=O)NCCOCCOCCOCCNC(=O)CCCC[C@@H]2SC[C@@H]3NC(=O)N[C@@H]32)c2ccccc2)CC1.[HH].[HH]. The zero-order valence-electron chi connectivity index (χ0n) is 30.4. The van der Waals surface area contributed by atoms with E-state index in [2.05, 4.69) is 33.1 Å². The van der Waals surface area contributed by atoms with E-state index in [9.17, 15) is 19.2 Å². The summed E-state index contributed by atoms with van der Waals surface area (Å²) in [5.41, 5.74) is 0.936. The molecular formula is C37H64N6O7S. The molecule has 4 rings (SSSR count). The number of hydrogen-bond donors (Lipinski definition) is 4. The van der Waals surface area contributed by atoms with Crippen LogP contribution in [0.2, 0.25) is 0 Å². The summed E-state index contributed by atoms with van der Waals surface area (Å²) in [5, 5.41) is 12.1. The van der Waals surface area contributed by atoms with Crippen LogP contribution in [-0.2, 0) is 28.6 Å². The molecule has 0 unspecified atom stereocenters. The number of para-hydroxylation sites is 1. The van der Waals surface area contributed by atoms with E-state index in [1.54, 1.807) is 0 Å². The second-order valence-corrected chi connectivity index (χ2v) is 14.7. The van der Waals surface area contributed by atoms with Crippen LogP contribution >= 0.6 is 11.8 Å². The average Bonchev–Trinajstić information content (AvgIpc) is 3.69. The molecule has 13 nitrogen and oxygen atoms in total. The molecule has 0 radical (unpaired) electrons. The zero-order chi connectivity index (χ0) is 36.1. The number of rotatable bonds is 25. The smallest absolute Gasteiger partial charge is 0.315 e. The summed E-state index contributed by atoms with van der Waals surface area (Å²) in [4.78, 5) is 53.7. The van der Waals surface area contributed by atoms with Crippen LogP contribution in [0.3, 0.4) is 0 Å². The van der Waals surface area contributed by atoms with Gasteiger partial charge in [0.1, 0.15) is 0 Å². The molecule has 3 fully saturated rings. The third kappa shape index (κ3) is 14.9. The Labute approximate surface area is 311 Å². The van der Waals surface area contributed by atoms with Crippen LogP contribution in [0.1, 0.15) is 74.0 Å². The van der Waals surface area contributed by atoms with Gasteiger partial charge in [-0.05, 0) is 57.2 Å². The quantitative estimate of drug-likeness (QED) is 0.0874. The number of likely N-dealkylation sites (tertiary alicyclic amines) is 1. The molecule has 4 N–H and O–H groups in total. The molecule has 1 aromatic carbocycles. The first-order valence-corrected chi connectivity index (χ1v) is 20.0. The van der Waals surface area contributed by atoms with Gasteiger partial charge in [-0.3, -0.25) is 14.4 Å². The molecule has 0 saturated carbocycles. The number of unbranched alkanes of at least 4 members (excludes halogenated alkanes) is 1. The Balaban J connectivity index is 0.00000486. The maximum Gasteiger partial charge on any atom is 0.315 e. The molecule has 290 valence electrons. The summed E-state index contributed by atoms with van der Waals surface area (Å²) in [6, 6.07) is 10.5. The molecular weight excluding hydrogens is 673 g/mol.